The predicted molar refractivity (Wildman–Crippen MR) is 85.5 cm³/mol. The number of halogens is 1. The molecule has 2 rings (SSSR count). The lowest BCUT2D eigenvalue weighted by Gasteiger charge is -2.11. The molecule has 1 aromatic carbocycles. The van der Waals surface area contributed by atoms with Gasteiger partial charge in [0.15, 0.2) is 11.6 Å². The molecule has 1 atom stereocenters. The van der Waals surface area contributed by atoms with Gasteiger partial charge in [-0.3, -0.25) is 0 Å². The van der Waals surface area contributed by atoms with E-state index in [0.717, 1.165) is 29.2 Å². The molecule has 0 fully saturated rings. The second-order valence-electron chi connectivity index (χ2n) is 4.99. The van der Waals surface area contributed by atoms with E-state index >= 15 is 0 Å². The standard InChI is InChI=1S/C16H21FN2OS/c1-5-8-18-10(2)15-11(3)19-16(21-15)12-6-7-14(20-4)13(17)9-12/h6-7,9-10,18H,5,8H2,1-4H3. The molecule has 2 aromatic rings. The van der Waals surface area contributed by atoms with Crippen molar-refractivity contribution in [2.75, 3.05) is 13.7 Å². The summed E-state index contributed by atoms with van der Waals surface area (Å²) in [5.74, 6) is -0.105. The van der Waals surface area contributed by atoms with Gasteiger partial charge < -0.3 is 10.1 Å². The van der Waals surface area contributed by atoms with E-state index in [2.05, 4.69) is 24.1 Å². The fourth-order valence-electron chi connectivity index (χ4n) is 2.19. The van der Waals surface area contributed by atoms with Crippen LogP contribution < -0.4 is 10.1 Å². The molecular weight excluding hydrogens is 287 g/mol. The smallest absolute Gasteiger partial charge is 0.165 e. The molecule has 3 nitrogen and oxygen atoms in total. The molecule has 0 spiro atoms. The van der Waals surface area contributed by atoms with E-state index in [-0.39, 0.29) is 17.6 Å². The summed E-state index contributed by atoms with van der Waals surface area (Å²) in [5.41, 5.74) is 1.79. The number of hydrogen-bond acceptors (Lipinski definition) is 4. The summed E-state index contributed by atoms with van der Waals surface area (Å²) in [6.45, 7) is 7.25. The second-order valence-corrected chi connectivity index (χ2v) is 6.02. The molecule has 5 heteroatoms. The molecule has 114 valence electrons. The van der Waals surface area contributed by atoms with Crippen LogP contribution in [0.4, 0.5) is 4.39 Å². The molecule has 21 heavy (non-hydrogen) atoms. The van der Waals surface area contributed by atoms with Crippen LogP contribution in [-0.2, 0) is 0 Å². The Morgan fingerprint density at radius 1 is 1.43 bits per heavy atom. The van der Waals surface area contributed by atoms with Crippen molar-refractivity contribution in [3.8, 4) is 16.3 Å². The van der Waals surface area contributed by atoms with Crippen molar-refractivity contribution in [1.82, 2.24) is 10.3 Å². The summed E-state index contributed by atoms with van der Waals surface area (Å²) >= 11 is 1.61. The number of aryl methyl sites for hydroxylation is 1. The number of benzene rings is 1. The molecule has 0 aliphatic heterocycles. The molecule has 0 saturated heterocycles. The topological polar surface area (TPSA) is 34.1 Å². The van der Waals surface area contributed by atoms with Crippen LogP contribution in [0.1, 0.15) is 36.9 Å². The van der Waals surface area contributed by atoms with Gasteiger partial charge in [0.1, 0.15) is 5.01 Å². The number of nitrogens with zero attached hydrogens (tertiary/aromatic N) is 1. The first kappa shape index (κ1) is 15.9. The third-order valence-electron chi connectivity index (χ3n) is 3.33. The van der Waals surface area contributed by atoms with Gasteiger partial charge in [-0.15, -0.1) is 11.3 Å². The summed E-state index contributed by atoms with van der Waals surface area (Å²) < 4.78 is 18.8. The lowest BCUT2D eigenvalue weighted by Crippen LogP contribution is -2.18. The maximum absolute atomic E-state index is 13.8. The van der Waals surface area contributed by atoms with Crippen molar-refractivity contribution < 1.29 is 9.13 Å². The molecule has 0 radical (unpaired) electrons. The van der Waals surface area contributed by atoms with Crippen molar-refractivity contribution >= 4 is 11.3 Å². The first-order valence-corrected chi connectivity index (χ1v) is 7.93. The van der Waals surface area contributed by atoms with Gasteiger partial charge >= 0.3 is 0 Å². The summed E-state index contributed by atoms with van der Waals surface area (Å²) in [6, 6.07) is 5.22. The Kier molecular flexibility index (Phi) is 5.31. The van der Waals surface area contributed by atoms with E-state index in [1.54, 1.807) is 17.4 Å². The average molecular weight is 308 g/mol. The Morgan fingerprint density at radius 2 is 2.19 bits per heavy atom. The van der Waals surface area contributed by atoms with Crippen LogP contribution in [0.2, 0.25) is 0 Å². The maximum atomic E-state index is 13.8. The van der Waals surface area contributed by atoms with Gasteiger partial charge in [0, 0.05) is 16.5 Å². The summed E-state index contributed by atoms with van der Waals surface area (Å²) in [7, 11) is 1.46. The number of aromatic nitrogens is 1. The Morgan fingerprint density at radius 3 is 2.81 bits per heavy atom. The van der Waals surface area contributed by atoms with E-state index in [1.807, 2.05) is 13.0 Å². The highest BCUT2D eigenvalue weighted by Gasteiger charge is 2.15. The number of ether oxygens (including phenoxy) is 1. The van der Waals surface area contributed by atoms with Crippen molar-refractivity contribution in [2.24, 2.45) is 0 Å². The van der Waals surface area contributed by atoms with E-state index in [9.17, 15) is 4.39 Å². The van der Waals surface area contributed by atoms with Crippen molar-refractivity contribution in [3.63, 3.8) is 0 Å². The molecule has 0 aliphatic rings. The average Bonchev–Trinajstić information content (AvgIpc) is 2.86. The number of methoxy groups -OCH3 is 1. The fraction of sp³-hybridized carbons (Fsp3) is 0.438. The number of nitrogens with one attached hydrogen (secondary N) is 1. The highest BCUT2D eigenvalue weighted by atomic mass is 32.1. The Labute approximate surface area is 129 Å². The van der Waals surface area contributed by atoms with Gasteiger partial charge in [-0.1, -0.05) is 6.92 Å². The van der Waals surface area contributed by atoms with E-state index in [4.69, 9.17) is 4.74 Å². The molecule has 1 N–H and O–H groups in total. The van der Waals surface area contributed by atoms with Crippen molar-refractivity contribution in [3.05, 3.63) is 34.6 Å². The number of rotatable bonds is 6. The Hall–Kier alpha value is -1.46. The lowest BCUT2D eigenvalue weighted by molar-refractivity contribution is 0.386. The largest absolute Gasteiger partial charge is 0.494 e. The third kappa shape index (κ3) is 3.60. The molecule has 0 amide bonds. The van der Waals surface area contributed by atoms with Crippen molar-refractivity contribution in [1.29, 1.82) is 0 Å². The van der Waals surface area contributed by atoms with Gasteiger partial charge in [0.05, 0.1) is 12.8 Å². The predicted octanol–water partition coefficient (Wildman–Crippen LogP) is 4.33. The Bertz CT molecular complexity index is 612. The van der Waals surface area contributed by atoms with Gasteiger partial charge in [0.2, 0.25) is 0 Å². The fourth-order valence-corrected chi connectivity index (χ4v) is 3.28. The lowest BCUT2D eigenvalue weighted by atomic mass is 10.2. The molecular formula is C16H21FN2OS. The Balaban J connectivity index is 2.27. The van der Waals surface area contributed by atoms with Crippen molar-refractivity contribution in [2.45, 2.75) is 33.2 Å². The molecule has 0 bridgehead atoms. The van der Waals surface area contributed by atoms with E-state index in [0.29, 0.717) is 0 Å². The quantitative estimate of drug-likeness (QED) is 0.862. The van der Waals surface area contributed by atoms with Gasteiger partial charge in [0.25, 0.3) is 0 Å². The highest BCUT2D eigenvalue weighted by molar-refractivity contribution is 7.15. The van der Waals surface area contributed by atoms with Crippen LogP contribution in [0.25, 0.3) is 10.6 Å². The number of hydrogen-bond donors (Lipinski definition) is 1. The SMILES string of the molecule is CCCNC(C)c1sc(-c2ccc(OC)c(F)c2)nc1C. The number of thiazole rings is 1. The van der Waals surface area contributed by atoms with E-state index < -0.39 is 0 Å². The summed E-state index contributed by atoms with van der Waals surface area (Å²) in [4.78, 5) is 5.78. The van der Waals surface area contributed by atoms with Crippen LogP contribution in [-0.4, -0.2) is 18.6 Å². The monoisotopic (exact) mass is 308 g/mol. The van der Waals surface area contributed by atoms with E-state index in [1.165, 1.54) is 18.1 Å². The minimum atomic E-state index is -0.360. The maximum Gasteiger partial charge on any atom is 0.165 e. The molecule has 0 saturated carbocycles. The summed E-state index contributed by atoms with van der Waals surface area (Å²) in [5, 5.41) is 4.30. The zero-order valence-electron chi connectivity index (χ0n) is 12.9. The van der Waals surface area contributed by atoms with Gasteiger partial charge in [-0.2, -0.15) is 0 Å². The molecule has 1 aromatic heterocycles. The normalized spacial score (nSPS) is 12.4. The first-order valence-electron chi connectivity index (χ1n) is 7.11. The first-order chi connectivity index (χ1) is 10.1. The second kappa shape index (κ2) is 7.00. The van der Waals surface area contributed by atoms with Crippen LogP contribution in [0.15, 0.2) is 18.2 Å². The van der Waals surface area contributed by atoms with Crippen LogP contribution in [0.5, 0.6) is 5.75 Å². The minimum absolute atomic E-state index is 0.255. The van der Waals surface area contributed by atoms with Gasteiger partial charge in [-0.05, 0) is 45.0 Å². The summed E-state index contributed by atoms with van der Waals surface area (Å²) in [6.07, 6.45) is 1.10. The highest BCUT2D eigenvalue weighted by Crippen LogP contribution is 2.33. The van der Waals surface area contributed by atoms with Gasteiger partial charge in [-0.25, -0.2) is 9.37 Å². The molecule has 1 unspecified atom stereocenters. The zero-order chi connectivity index (χ0) is 15.4. The van der Waals surface area contributed by atoms with Crippen LogP contribution in [0, 0.1) is 12.7 Å². The third-order valence-corrected chi connectivity index (χ3v) is 4.71. The molecule has 1 heterocycles. The zero-order valence-corrected chi connectivity index (χ0v) is 13.7. The van der Waals surface area contributed by atoms with Crippen LogP contribution in [0.3, 0.4) is 0 Å². The van der Waals surface area contributed by atoms with Crippen LogP contribution >= 0.6 is 11.3 Å². The minimum Gasteiger partial charge on any atom is -0.494 e. The molecule has 0 aliphatic carbocycles.